The van der Waals surface area contributed by atoms with Gasteiger partial charge in [0.25, 0.3) is 10.1 Å². The second kappa shape index (κ2) is 32.0. The van der Waals surface area contributed by atoms with Gasteiger partial charge in [0.05, 0.1) is 17.9 Å². The Balaban J connectivity index is 3.91. The van der Waals surface area contributed by atoms with E-state index in [-0.39, 0.29) is 5.91 Å². The van der Waals surface area contributed by atoms with Crippen molar-refractivity contribution in [2.45, 2.75) is 212 Å². The van der Waals surface area contributed by atoms with E-state index in [0.717, 1.165) is 51.4 Å². The molecule has 0 fully saturated rings. The van der Waals surface area contributed by atoms with Crippen molar-refractivity contribution in [2.75, 3.05) is 5.75 Å². The number of carbonyl (C=O) groups excluding carboxylic acids is 1. The van der Waals surface area contributed by atoms with Gasteiger partial charge in [0.15, 0.2) is 0 Å². The molecule has 2 atom stereocenters. The normalized spacial score (nSPS) is 13.5. The highest BCUT2D eigenvalue weighted by Crippen LogP contribution is 2.15. The Bertz CT molecular complexity index is 755. The fourth-order valence-electron chi connectivity index (χ4n) is 5.86. The largest absolute Gasteiger partial charge is 0.391 e. The lowest BCUT2D eigenvalue weighted by molar-refractivity contribution is -0.122. The van der Waals surface area contributed by atoms with E-state index in [4.69, 9.17) is 0 Å². The number of aliphatic hydroxyl groups is 1. The minimum Gasteiger partial charge on any atom is -0.391 e. The van der Waals surface area contributed by atoms with Gasteiger partial charge < -0.3 is 10.4 Å². The van der Waals surface area contributed by atoms with Crippen LogP contribution in [-0.4, -0.2) is 41.9 Å². The van der Waals surface area contributed by atoms with Gasteiger partial charge in [0.2, 0.25) is 5.91 Å². The zero-order chi connectivity index (χ0) is 32.6. The number of unbranched alkanes of at least 4 members (excludes halogenated alkanes) is 24. The van der Waals surface area contributed by atoms with Gasteiger partial charge in [-0.15, -0.1) is 0 Å². The standard InChI is InChI=1S/C37H73NO5S/c1-3-5-7-9-11-13-15-17-19-21-23-25-27-29-31-33-37(40)38-35(34-44(41,42)43)36(39)32-30-28-26-24-22-20-18-16-14-12-10-8-6-4-2/h17,19,35-36,39H,3-16,18,20-34H2,1-2H3,(H,38,40)(H,41,42,43)/b19-17-. The fraction of sp³-hybridized carbons (Fsp3) is 0.919. The Labute approximate surface area is 273 Å². The maximum Gasteiger partial charge on any atom is 0.266 e. The molecule has 0 bridgehead atoms. The van der Waals surface area contributed by atoms with Gasteiger partial charge in [-0.25, -0.2) is 0 Å². The fourth-order valence-corrected chi connectivity index (χ4v) is 6.62. The molecule has 0 aromatic heterocycles. The summed E-state index contributed by atoms with van der Waals surface area (Å²) in [6, 6.07) is -0.970. The molecule has 0 radical (unpaired) electrons. The van der Waals surface area contributed by atoms with Gasteiger partial charge in [-0.2, -0.15) is 8.42 Å². The first-order valence-electron chi connectivity index (χ1n) is 18.9. The van der Waals surface area contributed by atoms with E-state index in [2.05, 4.69) is 31.3 Å². The number of nitrogens with one attached hydrogen (secondary N) is 1. The highest BCUT2D eigenvalue weighted by atomic mass is 32.2. The van der Waals surface area contributed by atoms with Crippen LogP contribution in [0.1, 0.15) is 200 Å². The summed E-state index contributed by atoms with van der Waals surface area (Å²) in [7, 11) is -4.30. The van der Waals surface area contributed by atoms with E-state index in [1.165, 1.54) is 122 Å². The van der Waals surface area contributed by atoms with Crippen LogP contribution in [0.25, 0.3) is 0 Å². The zero-order valence-electron chi connectivity index (χ0n) is 29.1. The number of hydrogen-bond acceptors (Lipinski definition) is 4. The molecule has 0 rings (SSSR count). The molecule has 2 unspecified atom stereocenters. The van der Waals surface area contributed by atoms with Crippen molar-refractivity contribution in [3.05, 3.63) is 12.2 Å². The average molecular weight is 644 g/mol. The lowest BCUT2D eigenvalue weighted by Crippen LogP contribution is -2.47. The number of rotatable bonds is 34. The van der Waals surface area contributed by atoms with Crippen LogP contribution in [0, 0.1) is 0 Å². The van der Waals surface area contributed by atoms with Crippen molar-refractivity contribution in [3.63, 3.8) is 0 Å². The summed E-state index contributed by atoms with van der Waals surface area (Å²) in [5.74, 6) is -0.901. The van der Waals surface area contributed by atoms with E-state index in [0.29, 0.717) is 12.8 Å². The molecule has 0 heterocycles. The summed E-state index contributed by atoms with van der Waals surface area (Å²) in [6.07, 6.45) is 37.2. The lowest BCUT2D eigenvalue weighted by atomic mass is 10.0. The number of aliphatic hydroxyl groups excluding tert-OH is 1. The minimum absolute atomic E-state index is 0.253. The summed E-state index contributed by atoms with van der Waals surface area (Å²) in [4.78, 5) is 12.5. The molecule has 0 saturated carbocycles. The first kappa shape index (κ1) is 43.1. The molecule has 0 aliphatic heterocycles. The number of allylic oxidation sites excluding steroid dienone is 2. The number of amides is 1. The number of carbonyl (C=O) groups is 1. The minimum atomic E-state index is -4.30. The predicted octanol–water partition coefficient (Wildman–Crippen LogP) is 10.6. The Hall–Kier alpha value is -0.920. The maximum atomic E-state index is 12.5. The Morgan fingerprint density at radius 1 is 0.591 bits per heavy atom. The first-order chi connectivity index (χ1) is 21.3. The third kappa shape index (κ3) is 32.5. The van der Waals surface area contributed by atoms with E-state index >= 15 is 0 Å². The van der Waals surface area contributed by atoms with Crippen LogP contribution in [0.15, 0.2) is 12.2 Å². The zero-order valence-corrected chi connectivity index (χ0v) is 29.9. The smallest absolute Gasteiger partial charge is 0.266 e. The van der Waals surface area contributed by atoms with E-state index in [9.17, 15) is 22.9 Å². The molecule has 0 aromatic carbocycles. The van der Waals surface area contributed by atoms with Gasteiger partial charge in [-0.05, 0) is 38.5 Å². The molecule has 44 heavy (non-hydrogen) atoms. The van der Waals surface area contributed by atoms with Crippen molar-refractivity contribution in [3.8, 4) is 0 Å². The highest BCUT2D eigenvalue weighted by Gasteiger charge is 2.26. The molecule has 3 N–H and O–H groups in total. The summed E-state index contributed by atoms with van der Waals surface area (Å²) in [5, 5.41) is 13.3. The topological polar surface area (TPSA) is 104 Å². The molecular weight excluding hydrogens is 570 g/mol. The van der Waals surface area contributed by atoms with E-state index in [1.54, 1.807) is 0 Å². The second-order valence-electron chi connectivity index (χ2n) is 13.2. The molecule has 0 aliphatic carbocycles. The quantitative estimate of drug-likeness (QED) is 0.0368. The van der Waals surface area contributed by atoms with Crippen molar-refractivity contribution in [2.24, 2.45) is 0 Å². The Kier molecular flexibility index (Phi) is 31.4. The van der Waals surface area contributed by atoms with Gasteiger partial charge in [-0.3, -0.25) is 9.35 Å². The third-order valence-corrected chi connectivity index (χ3v) is 9.50. The predicted molar refractivity (Wildman–Crippen MR) is 189 cm³/mol. The van der Waals surface area contributed by atoms with Gasteiger partial charge >= 0.3 is 0 Å². The summed E-state index contributed by atoms with van der Waals surface area (Å²) < 4.78 is 32.4. The maximum absolute atomic E-state index is 12.5. The van der Waals surface area contributed by atoms with Crippen LogP contribution >= 0.6 is 0 Å². The molecule has 7 heteroatoms. The van der Waals surface area contributed by atoms with Crippen molar-refractivity contribution in [1.29, 1.82) is 0 Å². The van der Waals surface area contributed by atoms with Crippen molar-refractivity contribution < 1.29 is 22.9 Å². The van der Waals surface area contributed by atoms with Crippen LogP contribution < -0.4 is 5.32 Å². The first-order valence-corrected chi connectivity index (χ1v) is 20.5. The average Bonchev–Trinajstić information content (AvgIpc) is 2.98. The molecular formula is C37H73NO5S. The van der Waals surface area contributed by atoms with Crippen LogP contribution in [0.3, 0.4) is 0 Å². The van der Waals surface area contributed by atoms with Gasteiger partial charge in [-0.1, -0.05) is 167 Å². The molecule has 262 valence electrons. The van der Waals surface area contributed by atoms with Crippen molar-refractivity contribution >= 4 is 16.0 Å². The molecule has 0 aliphatic rings. The number of hydrogen-bond donors (Lipinski definition) is 3. The Morgan fingerprint density at radius 3 is 1.36 bits per heavy atom. The summed E-state index contributed by atoms with van der Waals surface area (Å²) in [6.45, 7) is 4.50. The van der Waals surface area contributed by atoms with Gasteiger partial charge in [0.1, 0.15) is 0 Å². The SMILES string of the molecule is CCCCCCCC/C=C\CCCCCCCC(=O)NC(CS(=O)(=O)O)C(O)CCCCCCCCCCCCCCCC. The van der Waals surface area contributed by atoms with Crippen LogP contribution in [0.4, 0.5) is 0 Å². The molecule has 0 saturated heterocycles. The van der Waals surface area contributed by atoms with Crippen LogP contribution in [0.5, 0.6) is 0 Å². The monoisotopic (exact) mass is 644 g/mol. The van der Waals surface area contributed by atoms with Crippen LogP contribution in [0.2, 0.25) is 0 Å². The second-order valence-corrected chi connectivity index (χ2v) is 14.7. The molecule has 1 amide bonds. The highest BCUT2D eigenvalue weighted by molar-refractivity contribution is 7.85. The van der Waals surface area contributed by atoms with E-state index < -0.39 is 28.0 Å². The molecule has 6 nitrogen and oxygen atoms in total. The van der Waals surface area contributed by atoms with E-state index in [1.807, 2.05) is 0 Å². The summed E-state index contributed by atoms with van der Waals surface area (Å²) >= 11 is 0. The van der Waals surface area contributed by atoms with Crippen molar-refractivity contribution in [1.82, 2.24) is 5.32 Å². The Morgan fingerprint density at radius 2 is 0.955 bits per heavy atom. The molecule has 0 spiro atoms. The van der Waals surface area contributed by atoms with Crippen LogP contribution in [-0.2, 0) is 14.9 Å². The molecule has 0 aromatic rings. The third-order valence-electron chi connectivity index (χ3n) is 8.72. The summed E-state index contributed by atoms with van der Waals surface area (Å²) in [5.41, 5.74) is 0. The van der Waals surface area contributed by atoms with Gasteiger partial charge in [0, 0.05) is 6.42 Å². The lowest BCUT2D eigenvalue weighted by Gasteiger charge is -2.23.